The predicted molar refractivity (Wildman–Crippen MR) is 49.0 cm³/mol. The average Bonchev–Trinajstić information content (AvgIpc) is 2.03. The Kier molecular flexibility index (Phi) is 5.14. The number of carboxylic acid groups (broad SMARTS) is 1. The van der Waals surface area contributed by atoms with Crippen molar-refractivity contribution in [3.8, 4) is 0 Å². The Bertz CT molecular complexity index is 235. The second-order valence-electron chi connectivity index (χ2n) is 2.95. The van der Waals surface area contributed by atoms with Crippen molar-refractivity contribution in [3.05, 3.63) is 0 Å². The monoisotopic (exact) mass is 229 g/mol. The molecular formula is C7H13F2NO3S. The van der Waals surface area contributed by atoms with E-state index < -0.39 is 29.2 Å². The molecule has 0 fully saturated rings. The maximum atomic E-state index is 12.5. The number of alkyl halides is 2. The van der Waals surface area contributed by atoms with E-state index in [1.807, 2.05) is 0 Å². The van der Waals surface area contributed by atoms with Gasteiger partial charge in [-0.25, -0.2) is 4.79 Å². The quantitative estimate of drug-likeness (QED) is 0.676. The van der Waals surface area contributed by atoms with Crippen LogP contribution in [0.2, 0.25) is 0 Å². The molecule has 0 spiro atoms. The second-order valence-corrected chi connectivity index (χ2v) is 4.75. The normalized spacial score (nSPS) is 16.3. The van der Waals surface area contributed by atoms with Crippen LogP contribution in [0.4, 0.5) is 8.78 Å². The smallest absolute Gasteiger partial charge is 0.375 e. The van der Waals surface area contributed by atoms with Crippen molar-refractivity contribution < 1.29 is 22.9 Å². The summed E-state index contributed by atoms with van der Waals surface area (Å²) in [6.45, 7) is 0.790. The van der Waals surface area contributed by atoms with E-state index in [4.69, 9.17) is 5.11 Å². The predicted octanol–water partition coefficient (Wildman–Crippen LogP) is 0.0629. The Morgan fingerprint density at radius 1 is 1.64 bits per heavy atom. The Balaban J connectivity index is 3.85. The largest absolute Gasteiger partial charge is 0.477 e. The van der Waals surface area contributed by atoms with Crippen LogP contribution in [0.5, 0.6) is 0 Å². The first kappa shape index (κ1) is 13.4. The SMILES string of the molecule is CC(CNCC(F)(F)C(=O)O)S(C)=O. The first-order chi connectivity index (χ1) is 6.27. The first-order valence-corrected chi connectivity index (χ1v) is 5.53. The van der Waals surface area contributed by atoms with Crippen molar-refractivity contribution in [3.63, 3.8) is 0 Å². The number of carbonyl (C=O) groups is 1. The van der Waals surface area contributed by atoms with E-state index >= 15 is 0 Å². The van der Waals surface area contributed by atoms with Crippen molar-refractivity contribution in [1.82, 2.24) is 5.32 Å². The van der Waals surface area contributed by atoms with Crippen molar-refractivity contribution in [2.45, 2.75) is 18.1 Å². The third-order valence-electron chi connectivity index (χ3n) is 1.66. The molecular weight excluding hydrogens is 216 g/mol. The van der Waals surface area contributed by atoms with E-state index in [1.54, 1.807) is 6.92 Å². The lowest BCUT2D eigenvalue weighted by Crippen LogP contribution is -2.42. The van der Waals surface area contributed by atoms with E-state index in [2.05, 4.69) is 5.32 Å². The molecule has 0 rings (SSSR count). The Labute approximate surface area is 83.1 Å². The molecule has 0 aromatic carbocycles. The lowest BCUT2D eigenvalue weighted by atomic mass is 10.3. The van der Waals surface area contributed by atoms with Gasteiger partial charge in [-0.05, 0) is 6.92 Å². The van der Waals surface area contributed by atoms with Gasteiger partial charge in [0.25, 0.3) is 0 Å². The fourth-order valence-corrected chi connectivity index (χ4v) is 0.978. The van der Waals surface area contributed by atoms with Gasteiger partial charge in [0.15, 0.2) is 0 Å². The number of nitrogens with one attached hydrogen (secondary N) is 1. The third kappa shape index (κ3) is 4.61. The van der Waals surface area contributed by atoms with Gasteiger partial charge < -0.3 is 10.4 Å². The van der Waals surface area contributed by atoms with E-state index in [0.29, 0.717) is 0 Å². The van der Waals surface area contributed by atoms with Crippen LogP contribution >= 0.6 is 0 Å². The van der Waals surface area contributed by atoms with Crippen molar-refractivity contribution in [1.29, 1.82) is 0 Å². The first-order valence-electron chi connectivity index (χ1n) is 3.91. The molecule has 0 radical (unpaired) electrons. The van der Waals surface area contributed by atoms with E-state index in [0.717, 1.165) is 0 Å². The van der Waals surface area contributed by atoms with Gasteiger partial charge in [-0.1, -0.05) is 0 Å². The molecule has 0 aromatic heterocycles. The van der Waals surface area contributed by atoms with Crippen molar-refractivity contribution in [2.24, 2.45) is 0 Å². The summed E-state index contributed by atoms with van der Waals surface area (Å²) in [5, 5.41) is 10.1. The molecule has 0 bridgehead atoms. The number of carboxylic acids is 1. The number of hydrogen-bond donors (Lipinski definition) is 2. The molecule has 14 heavy (non-hydrogen) atoms. The minimum atomic E-state index is -3.77. The molecule has 0 amide bonds. The van der Waals surface area contributed by atoms with Crippen LogP contribution < -0.4 is 5.32 Å². The molecule has 4 nitrogen and oxygen atoms in total. The maximum Gasteiger partial charge on any atom is 0.375 e. The van der Waals surface area contributed by atoms with Gasteiger partial charge in [-0.3, -0.25) is 4.21 Å². The van der Waals surface area contributed by atoms with Crippen LogP contribution in [-0.2, 0) is 15.6 Å². The molecule has 7 heteroatoms. The Hall–Kier alpha value is -0.560. The van der Waals surface area contributed by atoms with Gasteiger partial charge in [0.1, 0.15) is 0 Å². The summed E-state index contributed by atoms with van der Waals surface area (Å²) in [5.74, 6) is -5.93. The number of halogens is 2. The van der Waals surface area contributed by atoms with Crippen LogP contribution in [0.25, 0.3) is 0 Å². The molecule has 0 aliphatic rings. The summed E-state index contributed by atoms with van der Waals surface area (Å²) in [7, 11) is -1.10. The summed E-state index contributed by atoms with van der Waals surface area (Å²) < 4.78 is 35.7. The molecule has 0 saturated heterocycles. The van der Waals surface area contributed by atoms with Crippen molar-refractivity contribution >= 4 is 16.8 Å². The van der Waals surface area contributed by atoms with Crippen LogP contribution in [0.3, 0.4) is 0 Å². The highest BCUT2D eigenvalue weighted by Crippen LogP contribution is 2.11. The minimum Gasteiger partial charge on any atom is -0.477 e. The van der Waals surface area contributed by atoms with E-state index in [9.17, 15) is 17.8 Å². The Morgan fingerprint density at radius 3 is 2.50 bits per heavy atom. The average molecular weight is 229 g/mol. The van der Waals surface area contributed by atoms with Gasteiger partial charge in [0.2, 0.25) is 0 Å². The summed E-state index contributed by atoms with van der Waals surface area (Å²) in [4.78, 5) is 9.98. The molecule has 84 valence electrons. The fourth-order valence-electron chi connectivity index (χ4n) is 0.625. The van der Waals surface area contributed by atoms with E-state index in [1.165, 1.54) is 6.26 Å². The van der Waals surface area contributed by atoms with Gasteiger partial charge in [0.05, 0.1) is 6.54 Å². The van der Waals surface area contributed by atoms with Crippen LogP contribution in [-0.4, -0.2) is 45.8 Å². The second kappa shape index (κ2) is 5.35. The summed E-state index contributed by atoms with van der Waals surface area (Å²) in [6.07, 6.45) is 1.46. The highest BCUT2D eigenvalue weighted by atomic mass is 32.2. The summed E-state index contributed by atoms with van der Waals surface area (Å²) in [6, 6.07) is 0. The zero-order valence-electron chi connectivity index (χ0n) is 7.92. The summed E-state index contributed by atoms with van der Waals surface area (Å²) >= 11 is 0. The van der Waals surface area contributed by atoms with E-state index in [-0.39, 0.29) is 11.8 Å². The molecule has 0 aromatic rings. The highest BCUT2D eigenvalue weighted by Gasteiger charge is 2.38. The van der Waals surface area contributed by atoms with Gasteiger partial charge in [0, 0.05) is 28.9 Å². The molecule has 2 atom stereocenters. The van der Waals surface area contributed by atoms with Crippen molar-refractivity contribution in [2.75, 3.05) is 19.3 Å². The topological polar surface area (TPSA) is 66.4 Å². The number of hydrogen-bond acceptors (Lipinski definition) is 3. The van der Waals surface area contributed by atoms with Gasteiger partial charge >= 0.3 is 11.9 Å². The van der Waals surface area contributed by atoms with Gasteiger partial charge in [-0.15, -0.1) is 0 Å². The minimum absolute atomic E-state index is 0.103. The fraction of sp³-hybridized carbons (Fsp3) is 0.857. The van der Waals surface area contributed by atoms with Crippen LogP contribution in [0.15, 0.2) is 0 Å². The molecule has 2 unspecified atom stereocenters. The molecule has 0 aliphatic carbocycles. The lowest BCUT2D eigenvalue weighted by molar-refractivity contribution is -0.163. The molecule has 0 saturated carbocycles. The maximum absolute atomic E-state index is 12.5. The molecule has 2 N–H and O–H groups in total. The van der Waals surface area contributed by atoms with Crippen LogP contribution in [0.1, 0.15) is 6.92 Å². The molecule has 0 heterocycles. The number of rotatable bonds is 6. The Morgan fingerprint density at radius 2 is 2.14 bits per heavy atom. The molecule has 0 aliphatic heterocycles. The standard InChI is InChI=1S/C7H13F2NO3S/c1-5(14(2)13)3-10-4-7(8,9)6(11)12/h5,10H,3-4H2,1-2H3,(H,11,12). The third-order valence-corrected chi connectivity index (χ3v) is 2.96. The zero-order chi connectivity index (χ0) is 11.4. The summed E-state index contributed by atoms with van der Waals surface area (Å²) in [5.41, 5.74) is 0. The zero-order valence-corrected chi connectivity index (χ0v) is 8.74. The number of aliphatic carboxylic acids is 1. The van der Waals surface area contributed by atoms with Crippen LogP contribution in [0, 0.1) is 0 Å². The highest BCUT2D eigenvalue weighted by molar-refractivity contribution is 7.84. The van der Waals surface area contributed by atoms with Gasteiger partial charge in [-0.2, -0.15) is 8.78 Å². The lowest BCUT2D eigenvalue weighted by Gasteiger charge is -2.14.